The molecular formula is C25H34N6O2. The topological polar surface area (TPSA) is 79.3 Å². The van der Waals surface area contributed by atoms with Crippen LogP contribution in [0, 0.1) is 6.92 Å². The van der Waals surface area contributed by atoms with Gasteiger partial charge in [-0.2, -0.15) is 5.10 Å². The van der Waals surface area contributed by atoms with E-state index in [1.165, 1.54) is 19.3 Å². The summed E-state index contributed by atoms with van der Waals surface area (Å²) >= 11 is 0. The minimum absolute atomic E-state index is 0.138. The summed E-state index contributed by atoms with van der Waals surface area (Å²) in [7, 11) is 5.93. The van der Waals surface area contributed by atoms with E-state index in [0.29, 0.717) is 28.6 Å². The Morgan fingerprint density at radius 3 is 2.64 bits per heavy atom. The van der Waals surface area contributed by atoms with Gasteiger partial charge in [-0.05, 0) is 52.4 Å². The number of fused-ring (bicyclic) bond motifs is 1. The first-order valence-corrected chi connectivity index (χ1v) is 12.0. The zero-order chi connectivity index (χ0) is 23.1. The van der Waals surface area contributed by atoms with E-state index in [1.807, 2.05) is 17.7 Å². The van der Waals surface area contributed by atoms with E-state index in [1.54, 1.807) is 7.11 Å². The fourth-order valence-corrected chi connectivity index (χ4v) is 5.38. The number of rotatable bonds is 5. The van der Waals surface area contributed by atoms with E-state index in [0.717, 1.165) is 49.3 Å². The van der Waals surface area contributed by atoms with Gasteiger partial charge in [0, 0.05) is 30.9 Å². The minimum atomic E-state index is -0.138. The molecule has 1 saturated carbocycles. The first kappa shape index (κ1) is 21.9. The van der Waals surface area contributed by atoms with Crippen LogP contribution in [0.2, 0.25) is 0 Å². The molecule has 33 heavy (non-hydrogen) atoms. The predicted octanol–water partition coefficient (Wildman–Crippen LogP) is 3.75. The second-order valence-electron chi connectivity index (χ2n) is 9.67. The summed E-state index contributed by atoms with van der Waals surface area (Å²) in [6.07, 6.45) is 6.91. The van der Waals surface area contributed by atoms with Crippen molar-refractivity contribution in [2.24, 2.45) is 0 Å². The van der Waals surface area contributed by atoms with Crippen LogP contribution in [0.25, 0.3) is 22.4 Å². The molecule has 1 aliphatic heterocycles. The molecular weight excluding hydrogens is 416 g/mol. The summed E-state index contributed by atoms with van der Waals surface area (Å²) in [5.74, 6) is 1.23. The van der Waals surface area contributed by atoms with Crippen molar-refractivity contribution in [2.75, 3.05) is 39.2 Å². The number of aromatic amines is 1. The van der Waals surface area contributed by atoms with Crippen LogP contribution in [0.5, 0.6) is 5.75 Å². The van der Waals surface area contributed by atoms with Crippen molar-refractivity contribution < 1.29 is 4.74 Å². The van der Waals surface area contributed by atoms with Gasteiger partial charge in [-0.15, -0.1) is 0 Å². The van der Waals surface area contributed by atoms with Crippen molar-refractivity contribution >= 4 is 16.7 Å². The Balaban J connectivity index is 1.51. The Bertz CT molecular complexity index is 1210. The van der Waals surface area contributed by atoms with Crippen molar-refractivity contribution in [2.45, 2.75) is 57.5 Å². The third-order valence-electron chi connectivity index (χ3n) is 7.34. The van der Waals surface area contributed by atoms with Crippen LogP contribution >= 0.6 is 0 Å². The van der Waals surface area contributed by atoms with Crippen LogP contribution in [0.1, 0.15) is 50.3 Å². The Hall–Kier alpha value is -2.87. The maximum atomic E-state index is 13.2. The summed E-state index contributed by atoms with van der Waals surface area (Å²) in [6.45, 7) is 3.95. The van der Waals surface area contributed by atoms with E-state index in [9.17, 15) is 4.79 Å². The molecule has 3 aromatic rings. The van der Waals surface area contributed by atoms with E-state index in [2.05, 4.69) is 41.0 Å². The van der Waals surface area contributed by atoms with Crippen LogP contribution in [0.3, 0.4) is 0 Å². The van der Waals surface area contributed by atoms with Crippen molar-refractivity contribution in [3.8, 4) is 17.1 Å². The number of likely N-dealkylation sites (N-methyl/N-ethyl adjacent to an activating group) is 1. The lowest BCUT2D eigenvalue weighted by Gasteiger charge is -2.23. The number of ether oxygens (including phenoxy) is 1. The number of anilines is 1. The zero-order valence-corrected chi connectivity index (χ0v) is 20.1. The maximum Gasteiger partial charge on any atom is 0.277 e. The minimum Gasteiger partial charge on any atom is -0.496 e. The number of nitrogens with one attached hydrogen (secondary N) is 1. The highest BCUT2D eigenvalue weighted by Crippen LogP contribution is 2.35. The van der Waals surface area contributed by atoms with Crippen LogP contribution < -0.4 is 15.2 Å². The number of hydrogen-bond acceptors (Lipinski definition) is 6. The lowest BCUT2D eigenvalue weighted by atomic mass is 9.95. The molecule has 0 radical (unpaired) electrons. The fraction of sp³-hybridized carbons (Fsp3) is 0.560. The van der Waals surface area contributed by atoms with Gasteiger partial charge in [0.1, 0.15) is 17.1 Å². The predicted molar refractivity (Wildman–Crippen MR) is 131 cm³/mol. The molecule has 5 rings (SSSR count). The molecule has 3 heterocycles. The van der Waals surface area contributed by atoms with E-state index < -0.39 is 0 Å². The van der Waals surface area contributed by atoms with E-state index in [4.69, 9.17) is 14.8 Å². The lowest BCUT2D eigenvalue weighted by Crippen LogP contribution is -2.31. The number of H-pyrrole nitrogens is 1. The van der Waals surface area contributed by atoms with Crippen LogP contribution in [0.4, 0.5) is 5.69 Å². The fourth-order valence-electron chi connectivity index (χ4n) is 5.38. The zero-order valence-electron chi connectivity index (χ0n) is 20.1. The molecule has 2 aromatic heterocycles. The van der Waals surface area contributed by atoms with Gasteiger partial charge in [-0.3, -0.25) is 9.48 Å². The molecule has 8 heteroatoms. The highest BCUT2D eigenvalue weighted by molar-refractivity contribution is 5.80. The average Bonchev–Trinajstić information content (AvgIpc) is 3.45. The standard InChI is InChI=1S/C25H34N6O2/c1-16-22-23(31(28-16)17-8-6-5-7-9-17)25(32)27-24(26-22)20-11-10-18(14-21(20)33-4)30-13-12-19(15-30)29(2)3/h10-11,14,17,19H,5-9,12-13,15H2,1-4H3,(H,26,27,32)/t19-/m1/s1. The van der Waals surface area contributed by atoms with Crippen molar-refractivity contribution in [1.29, 1.82) is 0 Å². The average molecular weight is 451 g/mol. The van der Waals surface area contributed by atoms with Gasteiger partial charge in [-0.1, -0.05) is 19.3 Å². The van der Waals surface area contributed by atoms with Crippen molar-refractivity contribution in [1.82, 2.24) is 24.6 Å². The normalized spacial score (nSPS) is 19.7. The summed E-state index contributed by atoms with van der Waals surface area (Å²) in [5, 5.41) is 4.73. The number of benzene rings is 1. The first-order chi connectivity index (χ1) is 16.0. The third kappa shape index (κ3) is 4.01. The van der Waals surface area contributed by atoms with Gasteiger partial charge >= 0.3 is 0 Å². The van der Waals surface area contributed by atoms with Gasteiger partial charge in [0.25, 0.3) is 5.56 Å². The molecule has 2 fully saturated rings. The Morgan fingerprint density at radius 2 is 1.94 bits per heavy atom. The molecule has 0 bridgehead atoms. The highest BCUT2D eigenvalue weighted by atomic mass is 16.5. The molecule has 1 atom stereocenters. The van der Waals surface area contributed by atoms with Gasteiger partial charge in [-0.25, -0.2) is 4.98 Å². The maximum absolute atomic E-state index is 13.2. The Labute approximate surface area is 194 Å². The third-order valence-corrected chi connectivity index (χ3v) is 7.34. The molecule has 2 aliphatic rings. The van der Waals surface area contributed by atoms with Gasteiger partial charge in [0.05, 0.1) is 24.4 Å². The molecule has 1 aromatic carbocycles. The number of hydrogen-bond donors (Lipinski definition) is 1. The Morgan fingerprint density at radius 1 is 1.15 bits per heavy atom. The van der Waals surface area contributed by atoms with Gasteiger partial charge in [0.2, 0.25) is 0 Å². The molecule has 1 saturated heterocycles. The lowest BCUT2D eigenvalue weighted by molar-refractivity contribution is 0.315. The summed E-state index contributed by atoms with van der Waals surface area (Å²) in [6, 6.07) is 6.99. The molecule has 0 amide bonds. The highest BCUT2D eigenvalue weighted by Gasteiger charge is 2.26. The molecule has 1 N–H and O–H groups in total. The number of aryl methyl sites for hydroxylation is 1. The smallest absolute Gasteiger partial charge is 0.277 e. The SMILES string of the molecule is COc1cc(N2CC[C@@H](N(C)C)C2)ccc1-c1nc2c(C)nn(C3CCCCC3)c2c(=O)[nH]1. The second-order valence-corrected chi connectivity index (χ2v) is 9.67. The second kappa shape index (κ2) is 8.82. The quantitative estimate of drug-likeness (QED) is 0.638. The summed E-state index contributed by atoms with van der Waals surface area (Å²) in [5.41, 5.74) is 3.84. The monoisotopic (exact) mass is 450 g/mol. The van der Waals surface area contributed by atoms with Gasteiger partial charge < -0.3 is 19.5 Å². The first-order valence-electron chi connectivity index (χ1n) is 12.0. The number of nitrogens with zero attached hydrogens (tertiary/aromatic N) is 5. The number of aromatic nitrogens is 4. The molecule has 176 valence electrons. The largest absolute Gasteiger partial charge is 0.496 e. The molecule has 8 nitrogen and oxygen atoms in total. The molecule has 0 unspecified atom stereocenters. The van der Waals surface area contributed by atoms with Gasteiger partial charge in [0.15, 0.2) is 5.52 Å². The van der Waals surface area contributed by atoms with Crippen molar-refractivity contribution in [3.63, 3.8) is 0 Å². The molecule has 1 aliphatic carbocycles. The molecule has 0 spiro atoms. The van der Waals surface area contributed by atoms with Crippen molar-refractivity contribution in [3.05, 3.63) is 34.2 Å². The number of methoxy groups -OCH3 is 1. The summed E-state index contributed by atoms with van der Waals surface area (Å²) < 4.78 is 7.66. The van der Waals surface area contributed by atoms with E-state index in [-0.39, 0.29) is 11.6 Å². The Kier molecular flexibility index (Phi) is 5.86. The van der Waals surface area contributed by atoms with Crippen LogP contribution in [-0.4, -0.2) is 65.0 Å². The van der Waals surface area contributed by atoms with Crippen LogP contribution in [-0.2, 0) is 0 Å². The van der Waals surface area contributed by atoms with E-state index >= 15 is 0 Å². The summed E-state index contributed by atoms with van der Waals surface area (Å²) in [4.78, 5) is 25.8. The van der Waals surface area contributed by atoms with Crippen LogP contribution in [0.15, 0.2) is 23.0 Å².